The standard InChI is InChI=1S/C20H33N5O/c1-15(24-13-11-23(2)12-14-24)16-7-9-25(10-8-16)20(26)19-17-5-3-4-6-18(17)21-22-19/h15-16H,3-14H2,1-2H3,(H,21,22)/t15-/m0/s1. The molecule has 0 radical (unpaired) electrons. The smallest absolute Gasteiger partial charge is 0.274 e. The van der Waals surface area contributed by atoms with Gasteiger partial charge in [0.1, 0.15) is 0 Å². The number of hydrogen-bond acceptors (Lipinski definition) is 4. The number of piperidine rings is 1. The molecule has 144 valence electrons. The molecule has 1 N–H and O–H groups in total. The maximum absolute atomic E-state index is 13.0. The normalized spacial score (nSPS) is 24.5. The number of piperazine rings is 1. The van der Waals surface area contributed by atoms with Gasteiger partial charge in [0.2, 0.25) is 0 Å². The van der Waals surface area contributed by atoms with Crippen molar-refractivity contribution in [3.63, 3.8) is 0 Å². The number of aromatic nitrogens is 2. The van der Waals surface area contributed by atoms with Crippen molar-refractivity contribution in [1.82, 2.24) is 24.9 Å². The molecule has 0 unspecified atom stereocenters. The molecule has 1 amide bonds. The van der Waals surface area contributed by atoms with Gasteiger partial charge in [-0.25, -0.2) is 0 Å². The van der Waals surface area contributed by atoms with Crippen LogP contribution in [-0.4, -0.2) is 83.2 Å². The topological polar surface area (TPSA) is 55.5 Å². The van der Waals surface area contributed by atoms with Gasteiger partial charge >= 0.3 is 0 Å². The molecular formula is C20H33N5O. The predicted octanol–water partition coefficient (Wildman–Crippen LogP) is 1.78. The van der Waals surface area contributed by atoms with Gasteiger partial charge in [-0.3, -0.25) is 14.8 Å². The summed E-state index contributed by atoms with van der Waals surface area (Å²) in [6.07, 6.45) is 6.66. The van der Waals surface area contributed by atoms with Gasteiger partial charge in [0, 0.05) is 56.6 Å². The number of rotatable bonds is 3. The van der Waals surface area contributed by atoms with Crippen molar-refractivity contribution < 1.29 is 4.79 Å². The molecule has 3 heterocycles. The highest BCUT2D eigenvalue weighted by molar-refractivity contribution is 5.94. The third-order valence-electron chi connectivity index (χ3n) is 6.88. The molecule has 1 aromatic rings. The molecule has 0 aromatic carbocycles. The minimum absolute atomic E-state index is 0.148. The average Bonchev–Trinajstić information content (AvgIpc) is 3.12. The summed E-state index contributed by atoms with van der Waals surface area (Å²) in [6.45, 7) is 8.84. The first-order valence-electron chi connectivity index (χ1n) is 10.4. The largest absolute Gasteiger partial charge is 0.337 e. The van der Waals surface area contributed by atoms with Crippen LogP contribution in [0.5, 0.6) is 0 Å². The number of nitrogens with one attached hydrogen (secondary N) is 1. The molecule has 0 bridgehead atoms. The molecule has 6 nitrogen and oxygen atoms in total. The van der Waals surface area contributed by atoms with Crippen LogP contribution < -0.4 is 0 Å². The summed E-state index contributed by atoms with van der Waals surface area (Å²) in [4.78, 5) is 20.1. The first-order chi connectivity index (χ1) is 12.6. The number of nitrogens with zero attached hydrogens (tertiary/aromatic N) is 4. The maximum Gasteiger partial charge on any atom is 0.274 e. The molecule has 1 atom stereocenters. The lowest BCUT2D eigenvalue weighted by molar-refractivity contribution is 0.0496. The summed E-state index contributed by atoms with van der Waals surface area (Å²) in [6, 6.07) is 0.624. The van der Waals surface area contributed by atoms with E-state index in [1.165, 1.54) is 50.3 Å². The third-order valence-corrected chi connectivity index (χ3v) is 6.88. The van der Waals surface area contributed by atoms with Gasteiger partial charge in [-0.05, 0) is 58.4 Å². The van der Waals surface area contributed by atoms with Gasteiger partial charge < -0.3 is 9.80 Å². The van der Waals surface area contributed by atoms with E-state index >= 15 is 0 Å². The Labute approximate surface area is 156 Å². The van der Waals surface area contributed by atoms with Crippen LogP contribution in [0, 0.1) is 5.92 Å². The molecule has 2 saturated heterocycles. The van der Waals surface area contributed by atoms with E-state index in [0.29, 0.717) is 17.7 Å². The van der Waals surface area contributed by atoms with Crippen molar-refractivity contribution in [3.8, 4) is 0 Å². The van der Waals surface area contributed by atoms with E-state index in [9.17, 15) is 4.79 Å². The predicted molar refractivity (Wildman–Crippen MR) is 102 cm³/mol. The van der Waals surface area contributed by atoms with Crippen LogP contribution >= 0.6 is 0 Å². The second-order valence-corrected chi connectivity index (χ2v) is 8.45. The Morgan fingerprint density at radius 1 is 1.08 bits per heavy atom. The first-order valence-corrected chi connectivity index (χ1v) is 10.4. The summed E-state index contributed by atoms with van der Waals surface area (Å²) < 4.78 is 0. The number of likely N-dealkylation sites (tertiary alicyclic amines) is 1. The minimum Gasteiger partial charge on any atom is -0.337 e. The van der Waals surface area contributed by atoms with Crippen molar-refractivity contribution in [2.75, 3.05) is 46.3 Å². The molecule has 26 heavy (non-hydrogen) atoms. The van der Waals surface area contributed by atoms with Crippen molar-refractivity contribution in [2.24, 2.45) is 5.92 Å². The summed E-state index contributed by atoms with van der Waals surface area (Å²) >= 11 is 0. The monoisotopic (exact) mass is 359 g/mol. The van der Waals surface area contributed by atoms with Crippen molar-refractivity contribution >= 4 is 5.91 Å². The van der Waals surface area contributed by atoms with Crippen LogP contribution in [0.2, 0.25) is 0 Å². The Bertz CT molecular complexity index is 626. The molecule has 1 aromatic heterocycles. The highest BCUT2D eigenvalue weighted by Crippen LogP contribution is 2.27. The Morgan fingerprint density at radius 2 is 1.77 bits per heavy atom. The van der Waals surface area contributed by atoms with Crippen LogP contribution in [-0.2, 0) is 12.8 Å². The van der Waals surface area contributed by atoms with Gasteiger partial charge in [-0.15, -0.1) is 0 Å². The molecular weight excluding hydrogens is 326 g/mol. The molecule has 4 rings (SSSR count). The summed E-state index contributed by atoms with van der Waals surface area (Å²) in [5, 5.41) is 7.49. The SMILES string of the molecule is C[C@@H](C1CCN(C(=O)c2n[nH]c3c2CCCC3)CC1)N1CCN(C)CC1. The van der Waals surface area contributed by atoms with E-state index in [-0.39, 0.29) is 5.91 Å². The number of aryl methyl sites for hydroxylation is 1. The fraction of sp³-hybridized carbons (Fsp3) is 0.800. The van der Waals surface area contributed by atoms with E-state index in [4.69, 9.17) is 0 Å². The van der Waals surface area contributed by atoms with E-state index in [2.05, 4.69) is 34.0 Å². The second-order valence-electron chi connectivity index (χ2n) is 8.45. The number of fused-ring (bicyclic) bond motifs is 1. The average molecular weight is 360 g/mol. The summed E-state index contributed by atoms with van der Waals surface area (Å²) in [7, 11) is 2.21. The van der Waals surface area contributed by atoms with E-state index in [0.717, 1.165) is 38.8 Å². The summed E-state index contributed by atoms with van der Waals surface area (Å²) in [5.74, 6) is 0.852. The van der Waals surface area contributed by atoms with Crippen LogP contribution in [0.1, 0.15) is 54.4 Å². The number of H-pyrrole nitrogens is 1. The lowest BCUT2D eigenvalue weighted by Gasteiger charge is -2.42. The van der Waals surface area contributed by atoms with E-state index in [1.54, 1.807) is 0 Å². The van der Waals surface area contributed by atoms with Crippen LogP contribution in [0.25, 0.3) is 0 Å². The molecule has 0 saturated carbocycles. The number of amides is 1. The zero-order chi connectivity index (χ0) is 18.1. The van der Waals surface area contributed by atoms with Crippen molar-refractivity contribution in [2.45, 2.75) is 51.5 Å². The Morgan fingerprint density at radius 3 is 2.50 bits per heavy atom. The fourth-order valence-corrected chi connectivity index (χ4v) is 4.92. The molecule has 3 aliphatic rings. The molecule has 6 heteroatoms. The molecule has 2 fully saturated rings. The zero-order valence-electron chi connectivity index (χ0n) is 16.3. The fourth-order valence-electron chi connectivity index (χ4n) is 4.92. The minimum atomic E-state index is 0.148. The van der Waals surface area contributed by atoms with Gasteiger partial charge in [0.25, 0.3) is 5.91 Å². The lowest BCUT2D eigenvalue weighted by atomic mass is 9.88. The lowest BCUT2D eigenvalue weighted by Crippen LogP contribution is -2.52. The summed E-state index contributed by atoms with van der Waals surface area (Å²) in [5.41, 5.74) is 3.08. The Kier molecular flexibility index (Phi) is 5.32. The van der Waals surface area contributed by atoms with Crippen LogP contribution in [0.15, 0.2) is 0 Å². The number of carbonyl (C=O) groups is 1. The first kappa shape index (κ1) is 18.0. The van der Waals surface area contributed by atoms with Gasteiger partial charge in [0.15, 0.2) is 5.69 Å². The van der Waals surface area contributed by atoms with Gasteiger partial charge in [-0.1, -0.05) is 0 Å². The van der Waals surface area contributed by atoms with E-state index in [1.807, 2.05) is 4.90 Å². The highest BCUT2D eigenvalue weighted by atomic mass is 16.2. The van der Waals surface area contributed by atoms with Gasteiger partial charge in [-0.2, -0.15) is 5.10 Å². The van der Waals surface area contributed by atoms with Crippen molar-refractivity contribution in [3.05, 3.63) is 17.0 Å². The van der Waals surface area contributed by atoms with E-state index < -0.39 is 0 Å². The maximum atomic E-state index is 13.0. The quantitative estimate of drug-likeness (QED) is 0.894. The Balaban J connectivity index is 1.33. The number of aromatic amines is 1. The zero-order valence-corrected chi connectivity index (χ0v) is 16.3. The van der Waals surface area contributed by atoms with Crippen molar-refractivity contribution in [1.29, 1.82) is 0 Å². The molecule has 2 aliphatic heterocycles. The number of likely N-dealkylation sites (N-methyl/N-ethyl adjacent to an activating group) is 1. The number of hydrogen-bond donors (Lipinski definition) is 1. The molecule has 1 aliphatic carbocycles. The second kappa shape index (κ2) is 7.69. The third kappa shape index (κ3) is 3.54. The number of carbonyl (C=O) groups excluding carboxylic acids is 1. The molecule has 0 spiro atoms. The van der Waals surface area contributed by atoms with Crippen LogP contribution in [0.3, 0.4) is 0 Å². The van der Waals surface area contributed by atoms with Crippen LogP contribution in [0.4, 0.5) is 0 Å². The van der Waals surface area contributed by atoms with Gasteiger partial charge in [0.05, 0.1) is 0 Å². The highest BCUT2D eigenvalue weighted by Gasteiger charge is 2.32. The Hall–Kier alpha value is -1.40.